The van der Waals surface area contributed by atoms with Crippen LogP contribution >= 0.6 is 0 Å². The normalized spacial score (nSPS) is 13.0. The Balaban J connectivity index is 1.59. The van der Waals surface area contributed by atoms with E-state index in [9.17, 15) is 13.5 Å². The molecule has 1 aliphatic rings. The van der Waals surface area contributed by atoms with E-state index in [1.54, 1.807) is 13.0 Å². The van der Waals surface area contributed by atoms with Gasteiger partial charge in [-0.15, -0.1) is 0 Å². The van der Waals surface area contributed by atoms with E-state index in [0.717, 1.165) is 29.0 Å². The van der Waals surface area contributed by atoms with E-state index in [2.05, 4.69) is 4.98 Å². The Labute approximate surface area is 242 Å². The maximum absolute atomic E-state index is 15.1. The van der Waals surface area contributed by atoms with Gasteiger partial charge in [0.2, 0.25) is 0 Å². The zero-order valence-electron chi connectivity index (χ0n) is 23.4. The van der Waals surface area contributed by atoms with Crippen LogP contribution in [0.4, 0.5) is 4.39 Å². The largest absolute Gasteiger partial charge is 0.486 e. The molecule has 0 bridgehead atoms. The van der Waals surface area contributed by atoms with Gasteiger partial charge in [0.25, 0.3) is 0 Å². The molecule has 0 unspecified atom stereocenters. The summed E-state index contributed by atoms with van der Waals surface area (Å²) in [7, 11) is -3.82. The van der Waals surface area contributed by atoms with Gasteiger partial charge in [-0.2, -0.15) is 0 Å². The molecule has 2 aromatic heterocycles. The number of rotatable bonds is 6. The van der Waals surface area contributed by atoms with E-state index < -0.39 is 22.3 Å². The summed E-state index contributed by atoms with van der Waals surface area (Å²) in [5.74, 6) is 2.11. The molecule has 216 valence electrons. The fourth-order valence-electron chi connectivity index (χ4n) is 5.23. The summed E-state index contributed by atoms with van der Waals surface area (Å²) in [5, 5.41) is 9.67. The number of aryl methyl sites for hydroxylation is 3. The molecule has 0 spiro atoms. The molecule has 0 saturated carbocycles. The first-order chi connectivity index (χ1) is 20.0. The first-order valence-corrected chi connectivity index (χ1v) is 15.1. The lowest BCUT2D eigenvalue weighted by molar-refractivity contribution is 0.171. The molecule has 1 aliphatic heterocycles. The molecular weight excluding hydrogens is 561 g/mol. The third kappa shape index (κ3) is 4.94. The highest BCUT2D eigenvalue weighted by Gasteiger charge is 2.24. The van der Waals surface area contributed by atoms with Crippen LogP contribution in [0.15, 0.2) is 64.0 Å². The Morgan fingerprint density at radius 2 is 1.67 bits per heavy atom. The van der Waals surface area contributed by atoms with E-state index >= 15 is 4.39 Å². The Hall–Kier alpha value is -4.48. The standard InChI is InChI=1S/C31H28FN3O6S/c1-17-15-35(18(2)33-17)26-7-5-20(22-12-25(32)24(16-36)29(14-22)42(4,37)38)11-23(26)30-31(41-19(3)34-30)21-6-8-27-28(13-21)40-10-9-39-27/h5-8,11-15,36H,9-10,16H2,1-4H3. The summed E-state index contributed by atoms with van der Waals surface area (Å²) in [5.41, 5.74) is 4.09. The molecule has 0 atom stereocenters. The number of imidazole rings is 1. The number of hydrogen-bond donors (Lipinski definition) is 1. The van der Waals surface area contributed by atoms with E-state index in [4.69, 9.17) is 18.9 Å². The quantitative estimate of drug-likeness (QED) is 0.272. The number of sulfone groups is 1. The molecule has 3 aromatic carbocycles. The molecule has 11 heteroatoms. The van der Waals surface area contributed by atoms with E-state index in [-0.39, 0.29) is 10.5 Å². The molecular formula is C31H28FN3O6S. The lowest BCUT2D eigenvalue weighted by Crippen LogP contribution is -2.15. The second-order valence-electron chi connectivity index (χ2n) is 10.2. The van der Waals surface area contributed by atoms with Gasteiger partial charge < -0.3 is 23.6 Å². The minimum absolute atomic E-state index is 0.263. The van der Waals surface area contributed by atoms with E-state index in [1.807, 2.05) is 54.9 Å². The molecule has 0 radical (unpaired) electrons. The smallest absolute Gasteiger partial charge is 0.192 e. The van der Waals surface area contributed by atoms with Crippen molar-refractivity contribution in [3.05, 3.63) is 83.5 Å². The Morgan fingerprint density at radius 3 is 2.36 bits per heavy atom. The van der Waals surface area contributed by atoms with Crippen LogP contribution in [-0.4, -0.2) is 47.5 Å². The Bertz CT molecular complexity index is 1960. The predicted molar refractivity (Wildman–Crippen MR) is 154 cm³/mol. The second-order valence-corrected chi connectivity index (χ2v) is 12.1. The minimum atomic E-state index is -3.82. The molecule has 42 heavy (non-hydrogen) atoms. The van der Waals surface area contributed by atoms with Crippen LogP contribution in [0.3, 0.4) is 0 Å². The predicted octanol–water partition coefficient (Wildman–Crippen LogP) is 5.59. The van der Waals surface area contributed by atoms with E-state index in [1.165, 1.54) is 12.1 Å². The summed E-state index contributed by atoms with van der Waals surface area (Å²) in [6.07, 6.45) is 2.89. The number of aliphatic hydroxyl groups is 1. The monoisotopic (exact) mass is 589 g/mol. The highest BCUT2D eigenvalue weighted by Crippen LogP contribution is 2.42. The van der Waals surface area contributed by atoms with Gasteiger partial charge in [-0.3, -0.25) is 0 Å². The maximum Gasteiger partial charge on any atom is 0.192 e. The van der Waals surface area contributed by atoms with Crippen molar-refractivity contribution in [2.75, 3.05) is 19.5 Å². The van der Waals surface area contributed by atoms with Crippen LogP contribution in [0.5, 0.6) is 11.5 Å². The van der Waals surface area contributed by atoms with Crippen LogP contribution in [-0.2, 0) is 16.4 Å². The fraction of sp³-hybridized carbons (Fsp3) is 0.226. The molecule has 0 fully saturated rings. The van der Waals surface area contributed by atoms with Gasteiger partial charge in [0.05, 0.1) is 22.9 Å². The summed E-state index contributed by atoms with van der Waals surface area (Å²) >= 11 is 0. The lowest BCUT2D eigenvalue weighted by Gasteiger charge is -2.19. The van der Waals surface area contributed by atoms with Gasteiger partial charge in [-0.25, -0.2) is 22.8 Å². The van der Waals surface area contributed by atoms with Crippen molar-refractivity contribution in [3.8, 4) is 50.9 Å². The first-order valence-electron chi connectivity index (χ1n) is 13.2. The summed E-state index contributed by atoms with van der Waals surface area (Å²) in [4.78, 5) is 9.04. The highest BCUT2D eigenvalue weighted by molar-refractivity contribution is 7.90. The number of hydrogen-bond acceptors (Lipinski definition) is 8. The summed E-state index contributed by atoms with van der Waals surface area (Å²) in [6, 6.07) is 13.6. The maximum atomic E-state index is 15.1. The number of aliphatic hydroxyl groups excluding tert-OH is 1. The number of benzene rings is 3. The van der Waals surface area contributed by atoms with Crippen LogP contribution in [0.1, 0.15) is 23.0 Å². The number of halogens is 1. The topological polar surface area (TPSA) is 117 Å². The summed E-state index contributed by atoms with van der Waals surface area (Å²) in [6.45, 7) is 5.71. The Morgan fingerprint density at radius 1 is 0.929 bits per heavy atom. The highest BCUT2D eigenvalue weighted by atomic mass is 32.2. The number of ether oxygens (including phenoxy) is 2. The SMILES string of the molecule is Cc1cn(-c2ccc(-c3cc(F)c(CO)c(S(C)(=O)=O)c3)cc2-c2nc(C)oc2-c2ccc3c(c2)OCCO3)c(C)n1. The first kappa shape index (κ1) is 27.7. The zero-order valence-corrected chi connectivity index (χ0v) is 24.3. The molecule has 9 nitrogen and oxygen atoms in total. The third-order valence-electron chi connectivity index (χ3n) is 7.10. The van der Waals surface area contributed by atoms with Crippen molar-refractivity contribution < 1.29 is 31.8 Å². The lowest BCUT2D eigenvalue weighted by atomic mass is 9.97. The van der Waals surface area contributed by atoms with Gasteiger partial charge >= 0.3 is 0 Å². The zero-order chi connectivity index (χ0) is 29.8. The molecule has 0 aliphatic carbocycles. The molecule has 1 N–H and O–H groups in total. The summed E-state index contributed by atoms with van der Waals surface area (Å²) < 4.78 is 59.6. The molecule has 5 aromatic rings. The third-order valence-corrected chi connectivity index (χ3v) is 8.26. The fourth-order valence-corrected chi connectivity index (χ4v) is 6.18. The average Bonchev–Trinajstić information content (AvgIpc) is 3.52. The molecule has 6 rings (SSSR count). The molecule has 3 heterocycles. The van der Waals surface area contributed by atoms with Gasteiger partial charge in [-0.1, -0.05) is 6.07 Å². The van der Waals surface area contributed by atoms with Gasteiger partial charge in [0.1, 0.15) is 30.5 Å². The van der Waals surface area contributed by atoms with Crippen molar-refractivity contribution in [3.63, 3.8) is 0 Å². The van der Waals surface area contributed by atoms with Crippen molar-refractivity contribution in [2.24, 2.45) is 0 Å². The molecule has 0 amide bonds. The van der Waals surface area contributed by atoms with Crippen LogP contribution < -0.4 is 9.47 Å². The van der Waals surface area contributed by atoms with Gasteiger partial charge in [0, 0.05) is 36.1 Å². The van der Waals surface area contributed by atoms with Crippen molar-refractivity contribution in [1.82, 2.24) is 14.5 Å². The van der Waals surface area contributed by atoms with Crippen LogP contribution in [0, 0.1) is 26.6 Å². The Kier molecular flexibility index (Phi) is 6.86. The van der Waals surface area contributed by atoms with Crippen LogP contribution in [0.2, 0.25) is 0 Å². The average molecular weight is 590 g/mol. The van der Waals surface area contributed by atoms with Crippen molar-refractivity contribution >= 4 is 9.84 Å². The number of aromatic nitrogens is 3. The second kappa shape index (κ2) is 10.4. The number of oxazole rings is 1. The van der Waals surface area contributed by atoms with Crippen molar-refractivity contribution in [1.29, 1.82) is 0 Å². The molecule has 0 saturated heterocycles. The van der Waals surface area contributed by atoms with E-state index in [0.29, 0.717) is 58.7 Å². The number of fused-ring (bicyclic) bond motifs is 1. The van der Waals surface area contributed by atoms with Crippen molar-refractivity contribution in [2.45, 2.75) is 32.3 Å². The number of nitrogens with zero attached hydrogens (tertiary/aromatic N) is 3. The van der Waals surface area contributed by atoms with Crippen LogP contribution in [0.25, 0.3) is 39.4 Å². The van der Waals surface area contributed by atoms with Gasteiger partial charge in [-0.05, 0) is 67.4 Å². The minimum Gasteiger partial charge on any atom is -0.486 e. The van der Waals surface area contributed by atoms with Gasteiger partial charge in [0.15, 0.2) is 33.0 Å².